The number of aryl methyl sites for hydroxylation is 1. The summed E-state index contributed by atoms with van der Waals surface area (Å²) in [6, 6.07) is 10.7. The van der Waals surface area contributed by atoms with Crippen molar-refractivity contribution < 1.29 is 13.9 Å². The van der Waals surface area contributed by atoms with E-state index in [0.29, 0.717) is 23.7 Å². The van der Waals surface area contributed by atoms with Crippen molar-refractivity contribution in [3.05, 3.63) is 71.9 Å². The predicted octanol–water partition coefficient (Wildman–Crippen LogP) is 3.50. The van der Waals surface area contributed by atoms with Gasteiger partial charge in [0, 0.05) is 35.3 Å². The smallest absolute Gasteiger partial charge is 0.217 e. The van der Waals surface area contributed by atoms with Gasteiger partial charge in [-0.1, -0.05) is 6.92 Å². The first-order chi connectivity index (χ1) is 12.2. The summed E-state index contributed by atoms with van der Waals surface area (Å²) in [5.74, 6) is 0.213. The number of Topliss-reactive ketones (excluding diaryl/α,β-unsaturated/α-hetero) is 1. The lowest BCUT2D eigenvalue weighted by atomic mass is 10.1. The van der Waals surface area contributed by atoms with E-state index in [1.165, 1.54) is 24.3 Å². The molecule has 25 heavy (non-hydrogen) atoms. The topological polar surface area (TPSA) is 65.0 Å². The zero-order valence-corrected chi connectivity index (χ0v) is 13.6. The van der Waals surface area contributed by atoms with E-state index in [2.05, 4.69) is 15.0 Å². The summed E-state index contributed by atoms with van der Waals surface area (Å²) >= 11 is 0. The normalized spacial score (nSPS) is 10.5. The van der Waals surface area contributed by atoms with Gasteiger partial charge in [-0.15, -0.1) is 0 Å². The molecular weight excluding hydrogens is 321 g/mol. The van der Waals surface area contributed by atoms with Crippen LogP contribution in [0.2, 0.25) is 0 Å². The van der Waals surface area contributed by atoms with Gasteiger partial charge < -0.3 is 4.74 Å². The first kappa shape index (κ1) is 16.7. The van der Waals surface area contributed by atoms with Crippen LogP contribution >= 0.6 is 0 Å². The van der Waals surface area contributed by atoms with Crippen molar-refractivity contribution in [1.29, 1.82) is 0 Å². The summed E-state index contributed by atoms with van der Waals surface area (Å²) in [6.07, 6.45) is 4.04. The van der Waals surface area contributed by atoms with Crippen molar-refractivity contribution >= 4 is 5.78 Å². The highest BCUT2D eigenvalue weighted by molar-refractivity contribution is 5.97. The molecule has 0 saturated carbocycles. The highest BCUT2D eigenvalue weighted by atomic mass is 19.1. The van der Waals surface area contributed by atoms with Gasteiger partial charge in [0.15, 0.2) is 18.2 Å². The number of rotatable bonds is 6. The first-order valence-electron chi connectivity index (χ1n) is 7.85. The van der Waals surface area contributed by atoms with Gasteiger partial charge in [-0.05, 0) is 42.8 Å². The fourth-order valence-corrected chi connectivity index (χ4v) is 2.22. The van der Waals surface area contributed by atoms with E-state index < -0.39 is 0 Å². The van der Waals surface area contributed by atoms with Crippen molar-refractivity contribution in [1.82, 2.24) is 15.0 Å². The molecule has 6 heteroatoms. The molecule has 0 aliphatic heterocycles. The van der Waals surface area contributed by atoms with Crippen molar-refractivity contribution in [3.63, 3.8) is 0 Å². The molecule has 0 atom stereocenters. The molecule has 0 spiro atoms. The van der Waals surface area contributed by atoms with E-state index in [4.69, 9.17) is 4.74 Å². The second-order valence-corrected chi connectivity index (χ2v) is 5.33. The quantitative estimate of drug-likeness (QED) is 0.644. The number of halogens is 1. The van der Waals surface area contributed by atoms with E-state index in [0.717, 1.165) is 11.3 Å². The van der Waals surface area contributed by atoms with E-state index in [9.17, 15) is 9.18 Å². The minimum absolute atomic E-state index is 0.179. The molecule has 3 rings (SSSR count). The number of ether oxygens (including phenoxy) is 1. The van der Waals surface area contributed by atoms with E-state index in [1.54, 1.807) is 18.5 Å². The van der Waals surface area contributed by atoms with Crippen LogP contribution in [0.25, 0.3) is 11.4 Å². The van der Waals surface area contributed by atoms with Crippen molar-refractivity contribution in [3.8, 4) is 17.3 Å². The van der Waals surface area contributed by atoms with Gasteiger partial charge in [-0.3, -0.25) is 9.78 Å². The number of pyridine rings is 1. The number of ketones is 1. The van der Waals surface area contributed by atoms with Crippen LogP contribution in [-0.4, -0.2) is 27.3 Å². The largest absolute Gasteiger partial charge is 0.469 e. The van der Waals surface area contributed by atoms with Crippen LogP contribution in [0.1, 0.15) is 23.0 Å². The molecule has 0 aliphatic rings. The third-order valence-corrected chi connectivity index (χ3v) is 3.57. The Hall–Kier alpha value is -3.15. The number of carbonyl (C=O) groups excluding carboxylic acids is 1. The molecular formula is C19H16FN3O2. The molecule has 0 unspecified atom stereocenters. The summed E-state index contributed by atoms with van der Waals surface area (Å²) in [7, 11) is 0. The number of hydrogen-bond acceptors (Lipinski definition) is 5. The Morgan fingerprint density at radius 3 is 2.48 bits per heavy atom. The van der Waals surface area contributed by atoms with Gasteiger partial charge in [0.05, 0.1) is 0 Å². The van der Waals surface area contributed by atoms with Crippen LogP contribution in [-0.2, 0) is 6.42 Å². The van der Waals surface area contributed by atoms with Gasteiger partial charge in [0.25, 0.3) is 0 Å². The minimum atomic E-state index is -0.386. The zero-order chi connectivity index (χ0) is 17.6. The summed E-state index contributed by atoms with van der Waals surface area (Å²) in [5, 5.41) is 0. The molecule has 0 N–H and O–H groups in total. The average molecular weight is 337 g/mol. The van der Waals surface area contributed by atoms with E-state index in [-0.39, 0.29) is 18.2 Å². The molecule has 1 aromatic carbocycles. The monoisotopic (exact) mass is 337 g/mol. The van der Waals surface area contributed by atoms with Gasteiger partial charge in [0.2, 0.25) is 5.88 Å². The summed E-state index contributed by atoms with van der Waals surface area (Å²) in [5.41, 5.74) is 2.02. The molecule has 0 saturated heterocycles. The Morgan fingerprint density at radius 2 is 1.80 bits per heavy atom. The lowest BCUT2D eigenvalue weighted by Gasteiger charge is -2.09. The third-order valence-electron chi connectivity index (χ3n) is 3.57. The summed E-state index contributed by atoms with van der Waals surface area (Å²) in [4.78, 5) is 24.9. The number of hydrogen-bond donors (Lipinski definition) is 0. The van der Waals surface area contributed by atoms with Crippen LogP contribution in [0.4, 0.5) is 4.39 Å². The number of nitrogens with zero attached hydrogens (tertiary/aromatic N) is 3. The number of carbonyl (C=O) groups is 1. The average Bonchev–Trinajstić information content (AvgIpc) is 2.67. The summed E-state index contributed by atoms with van der Waals surface area (Å²) in [6.45, 7) is 1.80. The lowest BCUT2D eigenvalue weighted by Crippen LogP contribution is -2.13. The van der Waals surface area contributed by atoms with Crippen LogP contribution in [0.5, 0.6) is 5.88 Å². The SMILES string of the molecule is CCc1cc(OCC(=O)c2ccc(F)cc2)nc(-c2ccncc2)n1. The van der Waals surface area contributed by atoms with E-state index in [1.807, 2.05) is 19.1 Å². The zero-order valence-electron chi connectivity index (χ0n) is 13.6. The molecule has 3 aromatic rings. The van der Waals surface area contributed by atoms with Gasteiger partial charge >= 0.3 is 0 Å². The van der Waals surface area contributed by atoms with Crippen molar-refractivity contribution in [2.75, 3.05) is 6.61 Å². The summed E-state index contributed by atoms with van der Waals surface area (Å²) < 4.78 is 18.5. The molecule has 5 nitrogen and oxygen atoms in total. The maximum Gasteiger partial charge on any atom is 0.217 e. The first-order valence-corrected chi connectivity index (χ1v) is 7.85. The molecule has 0 bridgehead atoms. The standard InChI is InChI=1S/C19H16FN3O2/c1-2-16-11-18(23-19(22-16)14-7-9-21-10-8-14)25-12-17(24)13-3-5-15(20)6-4-13/h3-11H,2,12H2,1H3. The Morgan fingerprint density at radius 1 is 1.08 bits per heavy atom. The Labute approximate surface area is 144 Å². The van der Waals surface area contributed by atoms with Crippen molar-refractivity contribution in [2.45, 2.75) is 13.3 Å². The molecule has 2 heterocycles. The predicted molar refractivity (Wildman–Crippen MR) is 90.9 cm³/mol. The Bertz CT molecular complexity index is 868. The maximum atomic E-state index is 12.9. The van der Waals surface area contributed by atoms with Crippen LogP contribution in [0, 0.1) is 5.82 Å². The van der Waals surface area contributed by atoms with Crippen LogP contribution in [0.3, 0.4) is 0 Å². The lowest BCUT2D eigenvalue weighted by molar-refractivity contribution is 0.0918. The third kappa shape index (κ3) is 4.23. The fraction of sp³-hybridized carbons (Fsp3) is 0.158. The fourth-order valence-electron chi connectivity index (χ4n) is 2.22. The van der Waals surface area contributed by atoms with Gasteiger partial charge in [0.1, 0.15) is 5.82 Å². The minimum Gasteiger partial charge on any atom is -0.469 e. The maximum absolute atomic E-state index is 12.9. The molecule has 0 fully saturated rings. The molecule has 0 amide bonds. The molecule has 2 aromatic heterocycles. The molecule has 0 aliphatic carbocycles. The Balaban J connectivity index is 1.78. The number of aromatic nitrogens is 3. The van der Waals surface area contributed by atoms with Crippen LogP contribution < -0.4 is 4.74 Å². The van der Waals surface area contributed by atoms with Gasteiger partial charge in [-0.2, -0.15) is 4.98 Å². The van der Waals surface area contributed by atoms with E-state index >= 15 is 0 Å². The number of benzene rings is 1. The van der Waals surface area contributed by atoms with Crippen LogP contribution in [0.15, 0.2) is 54.9 Å². The Kier molecular flexibility index (Phi) is 5.09. The van der Waals surface area contributed by atoms with Gasteiger partial charge in [-0.25, -0.2) is 9.37 Å². The second-order valence-electron chi connectivity index (χ2n) is 5.33. The highest BCUT2D eigenvalue weighted by Crippen LogP contribution is 2.19. The molecule has 0 radical (unpaired) electrons. The van der Waals surface area contributed by atoms with Crippen molar-refractivity contribution in [2.24, 2.45) is 0 Å². The molecule has 126 valence electrons. The highest BCUT2D eigenvalue weighted by Gasteiger charge is 2.11. The second kappa shape index (κ2) is 7.61.